The molecule has 0 radical (unpaired) electrons. The van der Waals surface area contributed by atoms with Gasteiger partial charge in [0.2, 0.25) is 0 Å². The summed E-state index contributed by atoms with van der Waals surface area (Å²) in [5, 5.41) is 8.33. The highest BCUT2D eigenvalue weighted by atomic mass is 16.6. The van der Waals surface area contributed by atoms with Crippen molar-refractivity contribution in [3.63, 3.8) is 0 Å². The Kier molecular flexibility index (Phi) is 26.5. The number of unbranched alkanes of at least 4 members (excludes halogenated alkanes) is 14. The number of aliphatic hydroxyl groups excluding tert-OH is 1. The van der Waals surface area contributed by atoms with Gasteiger partial charge in [-0.2, -0.15) is 0 Å². The van der Waals surface area contributed by atoms with Crippen molar-refractivity contribution in [2.75, 3.05) is 6.61 Å². The largest absolute Gasteiger partial charge is 0.368 e. The molecule has 0 bridgehead atoms. The third-order valence-corrected chi connectivity index (χ3v) is 4.11. The molecule has 0 rings (SSSR count). The van der Waals surface area contributed by atoms with Gasteiger partial charge in [0.05, 0.1) is 0 Å². The molecular weight excluding hydrogens is 284 g/mol. The van der Waals surface area contributed by atoms with Crippen molar-refractivity contribution in [1.29, 1.82) is 0 Å². The summed E-state index contributed by atoms with van der Waals surface area (Å²) in [6.45, 7) is 8.59. The number of aliphatic hydroxyl groups is 1. The third kappa shape index (κ3) is 30.4. The third-order valence-electron chi connectivity index (χ3n) is 4.11. The second kappa shape index (κ2) is 24.2. The molecule has 0 aromatic heterocycles. The molecule has 142 valence electrons. The van der Waals surface area contributed by atoms with Crippen molar-refractivity contribution in [1.82, 2.24) is 0 Å². The van der Waals surface area contributed by atoms with Crippen molar-refractivity contribution in [3.8, 4) is 0 Å². The van der Waals surface area contributed by atoms with Crippen LogP contribution in [-0.2, 0) is 4.74 Å². The van der Waals surface area contributed by atoms with Gasteiger partial charge in [0, 0.05) is 6.61 Å². The number of hydrogen-bond donors (Lipinski definition) is 1. The van der Waals surface area contributed by atoms with E-state index in [9.17, 15) is 0 Å². The summed E-state index contributed by atoms with van der Waals surface area (Å²) in [4.78, 5) is 0. The van der Waals surface area contributed by atoms with E-state index >= 15 is 0 Å². The summed E-state index contributed by atoms with van der Waals surface area (Å²) in [6, 6.07) is 0. The normalized spacial score (nSPS) is 11.9. The summed E-state index contributed by atoms with van der Waals surface area (Å²) >= 11 is 0. The van der Waals surface area contributed by atoms with Crippen molar-refractivity contribution >= 4 is 0 Å². The van der Waals surface area contributed by atoms with Gasteiger partial charge in [0.25, 0.3) is 0 Å². The summed E-state index contributed by atoms with van der Waals surface area (Å²) in [7, 11) is 0. The Bertz CT molecular complexity index is 167. The Morgan fingerprint density at radius 3 is 0.957 bits per heavy atom. The lowest BCUT2D eigenvalue weighted by atomic mass is 10.0. The summed E-state index contributed by atoms with van der Waals surface area (Å²) in [6.07, 6.45) is 21.3. The maximum absolute atomic E-state index is 8.33. The molecule has 0 aromatic rings. The molecule has 0 fully saturated rings. The van der Waals surface area contributed by atoms with Gasteiger partial charge in [-0.1, -0.05) is 110 Å². The van der Waals surface area contributed by atoms with Crippen LogP contribution in [0.4, 0.5) is 0 Å². The minimum Gasteiger partial charge on any atom is -0.368 e. The Hall–Kier alpha value is -0.0800. The van der Waals surface area contributed by atoms with Gasteiger partial charge in [0.1, 0.15) is 0 Å². The van der Waals surface area contributed by atoms with Gasteiger partial charge >= 0.3 is 0 Å². The maximum atomic E-state index is 8.33. The van der Waals surface area contributed by atoms with Crippen molar-refractivity contribution in [2.24, 2.45) is 0 Å². The van der Waals surface area contributed by atoms with Crippen LogP contribution < -0.4 is 0 Å². The topological polar surface area (TPSA) is 29.5 Å². The summed E-state index contributed by atoms with van der Waals surface area (Å²) < 4.78 is 4.60. The van der Waals surface area contributed by atoms with E-state index in [1.807, 2.05) is 6.92 Å². The molecule has 2 nitrogen and oxygen atoms in total. The van der Waals surface area contributed by atoms with Crippen LogP contribution in [0.3, 0.4) is 0 Å². The van der Waals surface area contributed by atoms with Crippen molar-refractivity contribution < 1.29 is 9.84 Å². The fourth-order valence-corrected chi connectivity index (χ4v) is 2.69. The Morgan fingerprint density at radius 1 is 0.565 bits per heavy atom. The monoisotopic (exact) mass is 330 g/mol. The lowest BCUT2D eigenvalue weighted by molar-refractivity contribution is -0.0800. The molecule has 0 saturated heterocycles. The smallest absolute Gasteiger partial charge is 0.151 e. The Morgan fingerprint density at radius 2 is 0.826 bits per heavy atom. The molecule has 0 aliphatic rings. The zero-order chi connectivity index (χ0) is 17.6. The average molecular weight is 331 g/mol. The highest BCUT2D eigenvalue weighted by Crippen LogP contribution is 2.13. The molecular formula is C21H46O2. The molecule has 0 aliphatic carbocycles. The van der Waals surface area contributed by atoms with Gasteiger partial charge in [-0.05, 0) is 13.8 Å². The molecule has 1 unspecified atom stereocenters. The summed E-state index contributed by atoms with van der Waals surface area (Å²) in [5.74, 6) is 0. The molecule has 0 amide bonds. The van der Waals surface area contributed by atoms with Gasteiger partial charge in [-0.15, -0.1) is 0 Å². The molecule has 0 saturated carbocycles. The Balaban J connectivity index is 0. The second-order valence-electron chi connectivity index (χ2n) is 6.65. The van der Waals surface area contributed by atoms with E-state index in [1.165, 1.54) is 96.3 Å². The van der Waals surface area contributed by atoms with Gasteiger partial charge in [0.15, 0.2) is 6.29 Å². The van der Waals surface area contributed by atoms with Crippen LogP contribution in [0, 0.1) is 0 Å². The molecule has 2 heteroatoms. The minimum absolute atomic E-state index is 0.581. The fraction of sp³-hybridized carbons (Fsp3) is 1.00. The molecule has 1 N–H and O–H groups in total. The van der Waals surface area contributed by atoms with E-state index in [4.69, 9.17) is 5.11 Å². The molecule has 0 aromatic carbocycles. The molecule has 0 aliphatic heterocycles. The molecule has 0 heterocycles. The van der Waals surface area contributed by atoms with Gasteiger partial charge in [-0.3, -0.25) is 0 Å². The van der Waals surface area contributed by atoms with E-state index in [2.05, 4.69) is 18.6 Å². The molecule has 1 atom stereocenters. The Labute approximate surface area is 147 Å². The zero-order valence-electron chi connectivity index (χ0n) is 16.7. The van der Waals surface area contributed by atoms with Gasteiger partial charge in [-0.25, -0.2) is 0 Å². The first-order valence-electron chi connectivity index (χ1n) is 10.5. The highest BCUT2D eigenvalue weighted by Gasteiger charge is 1.93. The predicted octanol–water partition coefficient (Wildman–Crippen LogP) is 7.24. The number of rotatable bonds is 16. The van der Waals surface area contributed by atoms with Crippen LogP contribution in [0.25, 0.3) is 0 Å². The average Bonchev–Trinajstić information content (AvgIpc) is 2.52. The fourth-order valence-electron chi connectivity index (χ4n) is 2.69. The second-order valence-corrected chi connectivity index (χ2v) is 6.65. The summed E-state index contributed by atoms with van der Waals surface area (Å²) in [5.41, 5.74) is 0. The van der Waals surface area contributed by atoms with E-state index < -0.39 is 6.29 Å². The molecule has 23 heavy (non-hydrogen) atoms. The standard InChI is InChI=1S/C17H36.C4H10O2/c1-3-5-7-9-11-13-15-17-16-14-12-10-8-6-4-2;1-3-6-4(2)5/h3-17H2,1-2H3;4-5H,3H2,1-2H3. The van der Waals surface area contributed by atoms with E-state index in [0.29, 0.717) is 6.61 Å². The zero-order valence-corrected chi connectivity index (χ0v) is 16.7. The van der Waals surface area contributed by atoms with Crippen LogP contribution in [0.5, 0.6) is 0 Å². The van der Waals surface area contributed by atoms with Crippen molar-refractivity contribution in [2.45, 2.75) is 130 Å². The van der Waals surface area contributed by atoms with Crippen LogP contribution >= 0.6 is 0 Å². The van der Waals surface area contributed by atoms with E-state index in [-0.39, 0.29) is 0 Å². The predicted molar refractivity (Wildman–Crippen MR) is 104 cm³/mol. The van der Waals surface area contributed by atoms with Crippen LogP contribution in [-0.4, -0.2) is 18.0 Å². The van der Waals surface area contributed by atoms with E-state index in [1.54, 1.807) is 6.92 Å². The van der Waals surface area contributed by atoms with Crippen LogP contribution in [0.1, 0.15) is 124 Å². The van der Waals surface area contributed by atoms with Crippen LogP contribution in [0.15, 0.2) is 0 Å². The highest BCUT2D eigenvalue weighted by molar-refractivity contribution is 4.48. The van der Waals surface area contributed by atoms with Gasteiger partial charge < -0.3 is 9.84 Å². The first-order valence-corrected chi connectivity index (χ1v) is 10.5. The lowest BCUT2D eigenvalue weighted by Crippen LogP contribution is -2.04. The maximum Gasteiger partial charge on any atom is 0.151 e. The minimum atomic E-state index is -0.602. The lowest BCUT2D eigenvalue weighted by Gasteiger charge is -2.02. The van der Waals surface area contributed by atoms with Crippen molar-refractivity contribution in [3.05, 3.63) is 0 Å². The van der Waals surface area contributed by atoms with Crippen LogP contribution in [0.2, 0.25) is 0 Å². The van der Waals surface area contributed by atoms with E-state index in [0.717, 1.165) is 0 Å². The SMILES string of the molecule is CCCCCCCCCCCCCCCCC.CCOC(C)O. The number of ether oxygens (including phenoxy) is 1. The molecule has 0 spiro atoms. The first-order chi connectivity index (χ1) is 11.2. The quantitative estimate of drug-likeness (QED) is 0.239. The number of hydrogen-bond acceptors (Lipinski definition) is 2. The first kappa shape index (κ1) is 25.2.